The first-order chi connectivity index (χ1) is 18.1. The fourth-order valence-corrected chi connectivity index (χ4v) is 5.11. The molecular formula is C29H32N6O3. The number of nitrogens with zero attached hydrogens (tertiary/aromatic N) is 5. The molecule has 1 fully saturated rings. The van der Waals surface area contributed by atoms with E-state index in [1.54, 1.807) is 31.1 Å². The maximum atomic E-state index is 12.7. The SMILES string of the molecule is CC(=O)c1c(C2CCN(C(=O)CC(C)(C)O)CC2)nc2c(-c3ccc(-c4ccccc4)nc3)cnn2c1N. The minimum Gasteiger partial charge on any atom is -0.390 e. The number of hydrogen-bond acceptors (Lipinski definition) is 7. The van der Waals surface area contributed by atoms with E-state index >= 15 is 0 Å². The van der Waals surface area contributed by atoms with Crippen molar-refractivity contribution in [3.8, 4) is 22.4 Å². The quantitative estimate of drug-likeness (QED) is 0.372. The van der Waals surface area contributed by atoms with E-state index in [1.807, 2.05) is 42.5 Å². The summed E-state index contributed by atoms with van der Waals surface area (Å²) < 4.78 is 1.52. The topological polar surface area (TPSA) is 127 Å². The fourth-order valence-electron chi connectivity index (χ4n) is 5.11. The molecule has 9 nitrogen and oxygen atoms in total. The summed E-state index contributed by atoms with van der Waals surface area (Å²) >= 11 is 0. The van der Waals surface area contributed by atoms with Gasteiger partial charge >= 0.3 is 0 Å². The van der Waals surface area contributed by atoms with E-state index < -0.39 is 5.60 Å². The van der Waals surface area contributed by atoms with Crippen molar-refractivity contribution in [1.82, 2.24) is 24.5 Å². The molecule has 1 amide bonds. The van der Waals surface area contributed by atoms with Crippen LogP contribution in [0.2, 0.25) is 0 Å². The number of Topliss-reactive ketones (excluding diaryl/α,β-unsaturated/α-hetero) is 1. The van der Waals surface area contributed by atoms with Crippen LogP contribution in [-0.2, 0) is 4.79 Å². The van der Waals surface area contributed by atoms with Gasteiger partial charge in [-0.3, -0.25) is 14.6 Å². The number of nitrogens with two attached hydrogens (primary N) is 1. The van der Waals surface area contributed by atoms with Gasteiger partial charge in [-0.2, -0.15) is 9.61 Å². The number of piperidine rings is 1. The van der Waals surface area contributed by atoms with Crippen molar-refractivity contribution in [2.24, 2.45) is 0 Å². The standard InChI is InChI=1S/C29H32N6O3/c1-18(36)25-26(20-11-13-34(14-12-20)24(37)15-29(2,3)38)33-28-22(17-32-35(28)27(25)30)21-9-10-23(31-16-21)19-7-5-4-6-8-19/h4-10,16-17,20,38H,11-15,30H2,1-3H3. The number of amides is 1. The fraction of sp³-hybridized carbons (Fsp3) is 0.345. The number of benzene rings is 1. The van der Waals surface area contributed by atoms with Crippen molar-refractivity contribution in [2.75, 3.05) is 18.8 Å². The molecule has 5 rings (SSSR count). The summed E-state index contributed by atoms with van der Waals surface area (Å²) in [5, 5.41) is 14.5. The Morgan fingerprint density at radius 3 is 2.37 bits per heavy atom. The average molecular weight is 513 g/mol. The Bertz CT molecular complexity index is 1480. The molecule has 38 heavy (non-hydrogen) atoms. The number of anilines is 1. The second-order valence-electron chi connectivity index (χ2n) is 10.5. The van der Waals surface area contributed by atoms with Crippen molar-refractivity contribution in [1.29, 1.82) is 0 Å². The second-order valence-corrected chi connectivity index (χ2v) is 10.5. The maximum Gasteiger partial charge on any atom is 0.225 e. The van der Waals surface area contributed by atoms with Gasteiger partial charge in [-0.05, 0) is 39.7 Å². The number of aromatic nitrogens is 4. The number of rotatable bonds is 6. The lowest BCUT2D eigenvalue weighted by atomic mass is 9.89. The van der Waals surface area contributed by atoms with Crippen LogP contribution < -0.4 is 5.73 Å². The van der Waals surface area contributed by atoms with Crippen LogP contribution in [0, 0.1) is 0 Å². The predicted octanol–water partition coefficient (Wildman–Crippen LogP) is 4.11. The molecule has 3 N–H and O–H groups in total. The van der Waals surface area contributed by atoms with E-state index in [-0.39, 0.29) is 29.8 Å². The first kappa shape index (κ1) is 25.5. The van der Waals surface area contributed by atoms with Crippen LogP contribution in [0.3, 0.4) is 0 Å². The number of pyridine rings is 1. The third kappa shape index (κ3) is 5.02. The Morgan fingerprint density at radius 2 is 1.76 bits per heavy atom. The summed E-state index contributed by atoms with van der Waals surface area (Å²) in [6, 6.07) is 13.9. The molecule has 4 aromatic rings. The molecule has 0 atom stereocenters. The number of likely N-dealkylation sites (tertiary alicyclic amines) is 1. The molecule has 9 heteroatoms. The van der Waals surface area contributed by atoms with Gasteiger partial charge in [0, 0.05) is 41.9 Å². The molecule has 1 aliphatic rings. The van der Waals surface area contributed by atoms with E-state index in [0.29, 0.717) is 42.8 Å². The molecule has 0 aliphatic carbocycles. The lowest BCUT2D eigenvalue weighted by Crippen LogP contribution is -2.41. The highest BCUT2D eigenvalue weighted by Crippen LogP contribution is 2.35. The van der Waals surface area contributed by atoms with Crippen molar-refractivity contribution in [3.05, 3.63) is 66.1 Å². The molecule has 0 radical (unpaired) electrons. The smallest absolute Gasteiger partial charge is 0.225 e. The van der Waals surface area contributed by atoms with Gasteiger partial charge in [-0.1, -0.05) is 36.4 Å². The summed E-state index contributed by atoms with van der Waals surface area (Å²) in [6.07, 6.45) is 4.87. The number of ketones is 1. The zero-order chi connectivity index (χ0) is 27.0. The Hall–Kier alpha value is -4.11. The molecule has 0 saturated carbocycles. The summed E-state index contributed by atoms with van der Waals surface area (Å²) in [7, 11) is 0. The number of fused-ring (bicyclic) bond motifs is 1. The molecule has 196 valence electrons. The van der Waals surface area contributed by atoms with Crippen LogP contribution in [0.15, 0.2) is 54.9 Å². The number of aliphatic hydroxyl groups is 1. The van der Waals surface area contributed by atoms with E-state index in [0.717, 1.165) is 22.4 Å². The Labute approximate surface area is 221 Å². The molecule has 1 saturated heterocycles. The molecule has 0 bridgehead atoms. The number of carbonyl (C=O) groups is 2. The van der Waals surface area contributed by atoms with E-state index in [1.165, 1.54) is 11.4 Å². The zero-order valence-corrected chi connectivity index (χ0v) is 21.9. The van der Waals surface area contributed by atoms with Gasteiger partial charge in [0.25, 0.3) is 0 Å². The van der Waals surface area contributed by atoms with Gasteiger partial charge < -0.3 is 15.7 Å². The highest BCUT2D eigenvalue weighted by Gasteiger charge is 2.31. The summed E-state index contributed by atoms with van der Waals surface area (Å²) in [5.74, 6) is -0.0135. The van der Waals surface area contributed by atoms with E-state index in [9.17, 15) is 14.7 Å². The van der Waals surface area contributed by atoms with E-state index in [2.05, 4.69) is 10.1 Å². The first-order valence-corrected chi connectivity index (χ1v) is 12.8. The highest BCUT2D eigenvalue weighted by molar-refractivity contribution is 6.00. The van der Waals surface area contributed by atoms with Crippen LogP contribution in [0.25, 0.3) is 28.0 Å². The van der Waals surface area contributed by atoms with Crippen molar-refractivity contribution < 1.29 is 14.7 Å². The summed E-state index contributed by atoms with van der Waals surface area (Å²) in [5.41, 5.74) is 10.6. The van der Waals surface area contributed by atoms with Gasteiger partial charge in [-0.15, -0.1) is 0 Å². The summed E-state index contributed by atoms with van der Waals surface area (Å²) in [6.45, 7) is 5.81. The molecule has 3 aromatic heterocycles. The lowest BCUT2D eigenvalue weighted by Gasteiger charge is -2.33. The average Bonchev–Trinajstić information content (AvgIpc) is 3.32. The van der Waals surface area contributed by atoms with Crippen molar-refractivity contribution in [2.45, 2.75) is 51.6 Å². The van der Waals surface area contributed by atoms with E-state index in [4.69, 9.17) is 10.7 Å². The van der Waals surface area contributed by atoms with Crippen molar-refractivity contribution >= 4 is 23.2 Å². The Balaban J connectivity index is 1.47. The molecule has 0 spiro atoms. The van der Waals surface area contributed by atoms with Gasteiger partial charge in [0.15, 0.2) is 11.4 Å². The molecular weight excluding hydrogens is 480 g/mol. The van der Waals surface area contributed by atoms with Crippen LogP contribution in [-0.4, -0.2) is 60.0 Å². The van der Waals surface area contributed by atoms with Gasteiger partial charge in [0.1, 0.15) is 5.82 Å². The van der Waals surface area contributed by atoms with Crippen LogP contribution in [0.1, 0.15) is 62.0 Å². The molecule has 1 aromatic carbocycles. The first-order valence-electron chi connectivity index (χ1n) is 12.8. The van der Waals surface area contributed by atoms with Gasteiger partial charge in [0.2, 0.25) is 5.91 Å². The maximum absolute atomic E-state index is 12.7. The number of nitrogen functional groups attached to an aromatic ring is 1. The van der Waals surface area contributed by atoms with Gasteiger partial charge in [-0.25, -0.2) is 4.98 Å². The van der Waals surface area contributed by atoms with Gasteiger partial charge in [0.05, 0.1) is 35.2 Å². The highest BCUT2D eigenvalue weighted by atomic mass is 16.3. The molecule has 4 heterocycles. The third-order valence-electron chi connectivity index (χ3n) is 7.02. The second kappa shape index (κ2) is 9.98. The predicted molar refractivity (Wildman–Crippen MR) is 146 cm³/mol. The van der Waals surface area contributed by atoms with Crippen molar-refractivity contribution in [3.63, 3.8) is 0 Å². The zero-order valence-electron chi connectivity index (χ0n) is 21.9. The monoisotopic (exact) mass is 512 g/mol. The largest absolute Gasteiger partial charge is 0.390 e. The summed E-state index contributed by atoms with van der Waals surface area (Å²) in [4.78, 5) is 36.7. The third-order valence-corrected chi connectivity index (χ3v) is 7.02. The Kier molecular flexibility index (Phi) is 6.71. The van der Waals surface area contributed by atoms with Crippen LogP contribution in [0.5, 0.6) is 0 Å². The minimum absolute atomic E-state index is 0.0336. The van der Waals surface area contributed by atoms with Crippen LogP contribution in [0.4, 0.5) is 5.82 Å². The normalized spacial score (nSPS) is 14.7. The number of hydrogen-bond donors (Lipinski definition) is 2. The Morgan fingerprint density at radius 1 is 1.05 bits per heavy atom. The van der Waals surface area contributed by atoms with Crippen LogP contribution >= 0.6 is 0 Å². The number of carbonyl (C=O) groups excluding carboxylic acids is 2. The molecule has 0 unspecified atom stereocenters. The minimum atomic E-state index is -1.05. The molecule has 1 aliphatic heterocycles. The lowest BCUT2D eigenvalue weighted by molar-refractivity contribution is -0.136.